The fraction of sp³-hybridized carbons (Fsp3) is 0.381. The van der Waals surface area contributed by atoms with Gasteiger partial charge in [-0.25, -0.2) is 8.42 Å². The molecule has 146 valence electrons. The van der Waals surface area contributed by atoms with Crippen LogP contribution >= 0.6 is 0 Å². The maximum Gasteiger partial charge on any atom is 0.322 e. The van der Waals surface area contributed by atoms with Gasteiger partial charge in [-0.15, -0.1) is 0 Å². The SMILES string of the molecule is CCCCc1ccc(CC(C(=O)O)N(C)S(=O)(=O)c2ccc(C)cc2)cc1. The fourth-order valence-electron chi connectivity index (χ4n) is 2.86. The molecule has 2 aromatic carbocycles. The molecule has 5 nitrogen and oxygen atoms in total. The number of hydrogen-bond acceptors (Lipinski definition) is 3. The van der Waals surface area contributed by atoms with E-state index in [4.69, 9.17) is 0 Å². The molecule has 0 bridgehead atoms. The highest BCUT2D eigenvalue weighted by atomic mass is 32.2. The number of aliphatic carboxylic acids is 1. The molecule has 1 N–H and O–H groups in total. The molecule has 0 fully saturated rings. The van der Waals surface area contributed by atoms with Crippen molar-refractivity contribution in [3.8, 4) is 0 Å². The summed E-state index contributed by atoms with van der Waals surface area (Å²) in [4.78, 5) is 11.9. The number of benzene rings is 2. The van der Waals surface area contributed by atoms with Crippen molar-refractivity contribution in [1.82, 2.24) is 4.31 Å². The molecule has 0 aromatic heterocycles. The second-order valence-corrected chi connectivity index (χ2v) is 8.81. The van der Waals surface area contributed by atoms with Crippen molar-refractivity contribution in [3.63, 3.8) is 0 Å². The van der Waals surface area contributed by atoms with Crippen molar-refractivity contribution < 1.29 is 18.3 Å². The van der Waals surface area contributed by atoms with Gasteiger partial charge in [0.05, 0.1) is 4.90 Å². The maximum atomic E-state index is 12.8. The Labute approximate surface area is 161 Å². The molecule has 0 aliphatic carbocycles. The molecule has 27 heavy (non-hydrogen) atoms. The van der Waals surface area contributed by atoms with Gasteiger partial charge in [-0.05, 0) is 49.4 Å². The van der Waals surface area contributed by atoms with Crippen molar-refractivity contribution in [2.24, 2.45) is 0 Å². The van der Waals surface area contributed by atoms with Gasteiger partial charge in [0.25, 0.3) is 0 Å². The minimum Gasteiger partial charge on any atom is -0.480 e. The third kappa shape index (κ3) is 5.40. The largest absolute Gasteiger partial charge is 0.480 e. The second kappa shape index (κ2) is 9.15. The van der Waals surface area contributed by atoms with Crippen LogP contribution in [-0.4, -0.2) is 36.9 Å². The van der Waals surface area contributed by atoms with Gasteiger partial charge in [0, 0.05) is 7.05 Å². The molecule has 0 spiro atoms. The first kappa shape index (κ1) is 21.1. The first-order valence-corrected chi connectivity index (χ1v) is 10.5. The molecule has 6 heteroatoms. The molecule has 2 rings (SSSR count). The molecule has 1 atom stereocenters. The lowest BCUT2D eigenvalue weighted by Crippen LogP contribution is -2.43. The number of sulfonamides is 1. The third-order valence-corrected chi connectivity index (χ3v) is 6.57. The summed E-state index contributed by atoms with van der Waals surface area (Å²) >= 11 is 0. The number of unbranched alkanes of at least 4 members (excludes halogenated alkanes) is 1. The Morgan fingerprint density at radius 2 is 1.59 bits per heavy atom. The molecule has 0 aliphatic heterocycles. The summed E-state index contributed by atoms with van der Waals surface area (Å²) in [7, 11) is -2.56. The average Bonchev–Trinajstić information content (AvgIpc) is 2.65. The minimum absolute atomic E-state index is 0.0942. The van der Waals surface area contributed by atoms with E-state index < -0.39 is 22.0 Å². The van der Waals surface area contributed by atoms with Gasteiger partial charge in [0.1, 0.15) is 6.04 Å². The van der Waals surface area contributed by atoms with Gasteiger partial charge < -0.3 is 5.11 Å². The minimum atomic E-state index is -3.89. The summed E-state index contributed by atoms with van der Waals surface area (Å²) in [5.41, 5.74) is 2.94. The molecule has 0 saturated heterocycles. The van der Waals surface area contributed by atoms with Crippen molar-refractivity contribution in [1.29, 1.82) is 0 Å². The molecular weight excluding hydrogens is 362 g/mol. The van der Waals surface area contributed by atoms with E-state index in [1.54, 1.807) is 12.1 Å². The van der Waals surface area contributed by atoms with Crippen LogP contribution in [0.5, 0.6) is 0 Å². The van der Waals surface area contributed by atoms with Crippen molar-refractivity contribution in [3.05, 3.63) is 65.2 Å². The van der Waals surface area contributed by atoms with Gasteiger partial charge in [0.2, 0.25) is 10.0 Å². The number of carboxylic acids is 1. The molecule has 0 heterocycles. The second-order valence-electron chi connectivity index (χ2n) is 6.81. The molecule has 0 radical (unpaired) electrons. The lowest BCUT2D eigenvalue weighted by Gasteiger charge is -2.24. The molecule has 0 saturated carbocycles. The highest BCUT2D eigenvalue weighted by Gasteiger charge is 2.32. The van der Waals surface area contributed by atoms with Crippen LogP contribution in [0.4, 0.5) is 0 Å². The van der Waals surface area contributed by atoms with E-state index in [0.29, 0.717) is 0 Å². The molecule has 2 aromatic rings. The van der Waals surface area contributed by atoms with Crippen LogP contribution in [0.3, 0.4) is 0 Å². The Balaban J connectivity index is 2.21. The van der Waals surface area contributed by atoms with Crippen LogP contribution in [0.2, 0.25) is 0 Å². The first-order valence-electron chi connectivity index (χ1n) is 9.11. The summed E-state index contributed by atoms with van der Waals surface area (Å²) in [5.74, 6) is -1.16. The van der Waals surface area contributed by atoms with Gasteiger partial charge in [-0.1, -0.05) is 55.3 Å². The zero-order chi connectivity index (χ0) is 20.0. The number of rotatable bonds is 9. The van der Waals surface area contributed by atoms with Crippen LogP contribution in [0, 0.1) is 6.92 Å². The topological polar surface area (TPSA) is 74.7 Å². The molecule has 0 aliphatic rings. The maximum absolute atomic E-state index is 12.8. The first-order chi connectivity index (χ1) is 12.8. The number of aryl methyl sites for hydroxylation is 2. The van der Waals surface area contributed by atoms with Crippen LogP contribution < -0.4 is 0 Å². The average molecular weight is 390 g/mol. The number of hydrogen-bond donors (Lipinski definition) is 1. The van der Waals surface area contributed by atoms with Crippen molar-refractivity contribution in [2.45, 2.75) is 50.5 Å². The van der Waals surface area contributed by atoms with E-state index in [0.717, 1.165) is 34.7 Å². The summed E-state index contributed by atoms with van der Waals surface area (Å²) in [5, 5.41) is 9.62. The van der Waals surface area contributed by atoms with E-state index in [-0.39, 0.29) is 11.3 Å². The summed E-state index contributed by atoms with van der Waals surface area (Å²) < 4.78 is 26.6. The normalized spacial score (nSPS) is 12.9. The molecule has 1 unspecified atom stereocenters. The van der Waals surface area contributed by atoms with Crippen molar-refractivity contribution >= 4 is 16.0 Å². The Morgan fingerprint density at radius 3 is 2.11 bits per heavy atom. The zero-order valence-corrected chi connectivity index (χ0v) is 16.9. The van der Waals surface area contributed by atoms with Gasteiger partial charge in [0.15, 0.2) is 0 Å². The van der Waals surface area contributed by atoms with Crippen LogP contribution in [-0.2, 0) is 27.7 Å². The molecule has 0 amide bonds. The standard InChI is InChI=1S/C21H27NO4S/c1-4-5-6-17-9-11-18(12-10-17)15-20(21(23)24)22(3)27(25,26)19-13-7-16(2)8-14-19/h7-14,20H,4-6,15H2,1-3H3,(H,23,24). The predicted octanol–water partition coefficient (Wildman–Crippen LogP) is 3.65. The lowest BCUT2D eigenvalue weighted by molar-refractivity contribution is -0.141. The van der Waals surface area contributed by atoms with Gasteiger partial charge >= 0.3 is 5.97 Å². The quantitative estimate of drug-likeness (QED) is 0.710. The Bertz CT molecular complexity index is 858. The van der Waals surface area contributed by atoms with E-state index in [9.17, 15) is 18.3 Å². The van der Waals surface area contributed by atoms with E-state index in [2.05, 4.69) is 6.92 Å². The van der Waals surface area contributed by atoms with Crippen LogP contribution in [0.25, 0.3) is 0 Å². The lowest BCUT2D eigenvalue weighted by atomic mass is 10.0. The van der Waals surface area contributed by atoms with Crippen LogP contribution in [0.1, 0.15) is 36.5 Å². The number of likely N-dealkylation sites (N-methyl/N-ethyl adjacent to an activating group) is 1. The summed E-state index contributed by atoms with van der Waals surface area (Å²) in [6, 6.07) is 13.0. The molecular formula is C21H27NO4S. The highest BCUT2D eigenvalue weighted by Crippen LogP contribution is 2.20. The Morgan fingerprint density at radius 1 is 1.04 bits per heavy atom. The Kier molecular flexibility index (Phi) is 7.16. The predicted molar refractivity (Wildman–Crippen MR) is 106 cm³/mol. The summed E-state index contributed by atoms with van der Waals surface area (Å²) in [6.45, 7) is 4.00. The van der Waals surface area contributed by atoms with E-state index >= 15 is 0 Å². The van der Waals surface area contributed by atoms with E-state index in [1.807, 2.05) is 31.2 Å². The van der Waals surface area contributed by atoms with Gasteiger partial charge in [-0.3, -0.25) is 4.79 Å². The van der Waals surface area contributed by atoms with E-state index in [1.165, 1.54) is 24.7 Å². The highest BCUT2D eigenvalue weighted by molar-refractivity contribution is 7.89. The van der Waals surface area contributed by atoms with Crippen LogP contribution in [0.15, 0.2) is 53.4 Å². The monoisotopic (exact) mass is 389 g/mol. The van der Waals surface area contributed by atoms with Gasteiger partial charge in [-0.2, -0.15) is 4.31 Å². The number of carboxylic acid groups (broad SMARTS) is 1. The fourth-order valence-corrected chi connectivity index (χ4v) is 4.17. The summed E-state index contributed by atoms with van der Waals surface area (Å²) in [6.07, 6.45) is 3.32. The number of carbonyl (C=O) groups is 1. The zero-order valence-electron chi connectivity index (χ0n) is 16.1. The Hall–Kier alpha value is -2.18. The number of nitrogens with zero attached hydrogens (tertiary/aromatic N) is 1. The van der Waals surface area contributed by atoms with Crippen molar-refractivity contribution in [2.75, 3.05) is 7.05 Å². The smallest absolute Gasteiger partial charge is 0.322 e. The third-order valence-electron chi connectivity index (χ3n) is 4.69.